The summed E-state index contributed by atoms with van der Waals surface area (Å²) in [4.78, 5) is 12.9. The fourth-order valence-electron chi connectivity index (χ4n) is 8.02. The van der Waals surface area contributed by atoms with Crippen molar-refractivity contribution >= 4 is 16.4 Å². The van der Waals surface area contributed by atoms with Gasteiger partial charge in [0, 0.05) is 13.0 Å². The number of allylic oxidation sites excluding steroid dienone is 2. The van der Waals surface area contributed by atoms with Crippen LogP contribution in [0.15, 0.2) is 12.2 Å². The predicted molar refractivity (Wildman–Crippen MR) is 248 cm³/mol. The summed E-state index contributed by atoms with van der Waals surface area (Å²) in [7, 11) is -5.06. The first kappa shape index (κ1) is 58.9. The predicted octanol–water partition coefficient (Wildman–Crippen LogP) is 11.4. The number of unbranched alkanes of at least 4 members (excludes halogenated alkanes) is 30. The van der Waals surface area contributed by atoms with Gasteiger partial charge in [0.1, 0.15) is 30.5 Å². The van der Waals surface area contributed by atoms with E-state index in [0.717, 1.165) is 38.5 Å². The van der Waals surface area contributed by atoms with Crippen LogP contribution in [-0.2, 0) is 38.3 Å². The minimum atomic E-state index is -5.06. The molecular weight excluding hydrogens is 813 g/mol. The van der Waals surface area contributed by atoms with Crippen molar-refractivity contribution in [3.63, 3.8) is 0 Å². The zero-order valence-electron chi connectivity index (χ0n) is 39.5. The van der Waals surface area contributed by atoms with Crippen LogP contribution in [0.5, 0.6) is 0 Å². The van der Waals surface area contributed by atoms with E-state index in [4.69, 9.17) is 18.9 Å². The van der Waals surface area contributed by atoms with E-state index in [1.165, 1.54) is 167 Å². The van der Waals surface area contributed by atoms with Gasteiger partial charge in [0.2, 0.25) is 0 Å². The van der Waals surface area contributed by atoms with Crippen LogP contribution in [0.3, 0.4) is 0 Å². The quantitative estimate of drug-likeness (QED) is 0.0197. The molecule has 12 nitrogen and oxygen atoms in total. The number of ether oxygens (including phenoxy) is 4. The smallest absolute Gasteiger partial charge is 0.397 e. The number of rotatable bonds is 45. The Bertz CT molecular complexity index is 1140. The molecule has 0 aromatic rings. The molecule has 0 radical (unpaired) electrons. The van der Waals surface area contributed by atoms with Crippen LogP contribution in [0.25, 0.3) is 0 Å². The second-order valence-electron chi connectivity index (χ2n) is 17.8. The molecule has 0 aromatic carbocycles. The highest BCUT2D eigenvalue weighted by molar-refractivity contribution is 7.80. The minimum Gasteiger partial charge on any atom is -0.457 e. The summed E-state index contributed by atoms with van der Waals surface area (Å²) < 4.78 is 59.2. The summed E-state index contributed by atoms with van der Waals surface area (Å²) in [5.41, 5.74) is 0. The standard InChI is InChI=1S/C49H94O12S/c1-3-5-7-9-11-13-15-17-19-21-22-23-25-27-29-31-33-35-37-39-57-41-43(42-58-49-47(53)48(61-62(54,55)56)46(52)44(40-50)60-49)59-45(51)38-36-34-32-30-28-26-24-20-18-16-14-12-10-8-6-4-2/h19,21,43-44,46-50,52-53H,3-18,20,22-42H2,1-2H3,(H,54,55,56)/b21-19-. The van der Waals surface area contributed by atoms with Gasteiger partial charge >= 0.3 is 16.4 Å². The van der Waals surface area contributed by atoms with Crippen molar-refractivity contribution in [3.05, 3.63) is 12.2 Å². The van der Waals surface area contributed by atoms with Gasteiger partial charge in [0.25, 0.3) is 0 Å². The Labute approximate surface area is 379 Å². The lowest BCUT2D eigenvalue weighted by Crippen LogP contribution is -2.60. The van der Waals surface area contributed by atoms with Crippen molar-refractivity contribution in [2.45, 2.75) is 269 Å². The topological polar surface area (TPSA) is 178 Å². The Hall–Kier alpha value is -1.16. The number of carbonyl (C=O) groups excluding carboxylic acids is 1. The molecule has 0 aliphatic carbocycles. The lowest BCUT2D eigenvalue weighted by molar-refractivity contribution is -0.301. The Balaban J connectivity index is 2.36. The lowest BCUT2D eigenvalue weighted by Gasteiger charge is -2.41. The Kier molecular flexibility index (Phi) is 39.2. The van der Waals surface area contributed by atoms with E-state index in [-0.39, 0.29) is 19.6 Å². The van der Waals surface area contributed by atoms with Crippen molar-refractivity contribution in [2.24, 2.45) is 0 Å². The van der Waals surface area contributed by atoms with Gasteiger partial charge in [-0.3, -0.25) is 9.35 Å². The molecule has 1 rings (SSSR count). The average Bonchev–Trinajstić information content (AvgIpc) is 3.24. The summed E-state index contributed by atoms with van der Waals surface area (Å²) in [6.07, 6.45) is 36.7. The molecule has 0 bridgehead atoms. The maximum absolute atomic E-state index is 12.9. The lowest BCUT2D eigenvalue weighted by atomic mass is 9.99. The monoisotopic (exact) mass is 907 g/mol. The van der Waals surface area contributed by atoms with Crippen LogP contribution in [-0.4, -0.2) is 97.5 Å². The van der Waals surface area contributed by atoms with Gasteiger partial charge in [-0.05, 0) is 38.5 Å². The van der Waals surface area contributed by atoms with Crippen molar-refractivity contribution < 1.29 is 56.2 Å². The molecule has 1 saturated heterocycles. The van der Waals surface area contributed by atoms with Crippen LogP contribution in [0.2, 0.25) is 0 Å². The Morgan fingerprint density at radius 3 is 1.45 bits per heavy atom. The van der Waals surface area contributed by atoms with Crippen LogP contribution in [0, 0.1) is 0 Å². The maximum atomic E-state index is 12.9. The van der Waals surface area contributed by atoms with E-state index in [1.807, 2.05) is 0 Å². The van der Waals surface area contributed by atoms with Gasteiger partial charge in [-0.15, -0.1) is 0 Å². The summed E-state index contributed by atoms with van der Waals surface area (Å²) in [6, 6.07) is 0. The first-order valence-electron chi connectivity index (χ1n) is 25.4. The molecule has 1 aliphatic rings. The van der Waals surface area contributed by atoms with Gasteiger partial charge in [-0.25, -0.2) is 4.18 Å². The molecule has 0 spiro atoms. The molecule has 1 fully saturated rings. The second kappa shape index (κ2) is 41.3. The number of hydrogen-bond acceptors (Lipinski definition) is 11. The summed E-state index contributed by atoms with van der Waals surface area (Å²) in [5.74, 6) is -0.395. The Morgan fingerprint density at radius 1 is 0.597 bits per heavy atom. The number of esters is 1. The number of aliphatic hydroxyl groups excluding tert-OH is 3. The number of hydrogen-bond donors (Lipinski definition) is 4. The molecule has 4 N–H and O–H groups in total. The van der Waals surface area contributed by atoms with Crippen molar-refractivity contribution in [1.82, 2.24) is 0 Å². The van der Waals surface area contributed by atoms with Crippen LogP contribution >= 0.6 is 0 Å². The van der Waals surface area contributed by atoms with Crippen molar-refractivity contribution in [2.75, 3.05) is 26.4 Å². The number of aliphatic hydroxyl groups is 3. The van der Waals surface area contributed by atoms with Gasteiger partial charge in [-0.1, -0.05) is 199 Å². The summed E-state index contributed by atoms with van der Waals surface area (Å²) in [6.45, 7) is 4.03. The Morgan fingerprint density at radius 2 is 1.02 bits per heavy atom. The highest BCUT2D eigenvalue weighted by Crippen LogP contribution is 2.26. The summed E-state index contributed by atoms with van der Waals surface area (Å²) in [5, 5.41) is 30.7. The third-order valence-electron chi connectivity index (χ3n) is 11.9. The van der Waals surface area contributed by atoms with Gasteiger partial charge < -0.3 is 34.3 Å². The molecular formula is C49H94O12S. The van der Waals surface area contributed by atoms with E-state index in [0.29, 0.717) is 13.0 Å². The first-order chi connectivity index (χ1) is 30.1. The molecule has 1 aliphatic heterocycles. The first-order valence-corrected chi connectivity index (χ1v) is 26.8. The molecule has 1 heterocycles. The molecule has 0 amide bonds. The molecule has 368 valence electrons. The molecule has 13 heteroatoms. The van der Waals surface area contributed by atoms with E-state index >= 15 is 0 Å². The van der Waals surface area contributed by atoms with E-state index < -0.39 is 59.8 Å². The third-order valence-corrected chi connectivity index (χ3v) is 12.4. The third kappa shape index (κ3) is 34.2. The normalized spacial score (nSPS) is 20.0. The van der Waals surface area contributed by atoms with Crippen LogP contribution < -0.4 is 0 Å². The molecule has 0 aromatic heterocycles. The molecule has 6 unspecified atom stereocenters. The highest BCUT2D eigenvalue weighted by atomic mass is 32.3. The van der Waals surface area contributed by atoms with Gasteiger partial charge in [0.15, 0.2) is 6.29 Å². The van der Waals surface area contributed by atoms with Crippen LogP contribution in [0.4, 0.5) is 0 Å². The van der Waals surface area contributed by atoms with E-state index in [9.17, 15) is 33.1 Å². The van der Waals surface area contributed by atoms with Crippen molar-refractivity contribution in [1.29, 1.82) is 0 Å². The molecule has 0 saturated carbocycles. The van der Waals surface area contributed by atoms with Crippen LogP contribution in [0.1, 0.15) is 232 Å². The second-order valence-corrected chi connectivity index (χ2v) is 18.8. The average molecular weight is 907 g/mol. The fourth-order valence-corrected chi connectivity index (χ4v) is 8.53. The van der Waals surface area contributed by atoms with E-state index in [1.54, 1.807) is 0 Å². The maximum Gasteiger partial charge on any atom is 0.397 e. The minimum absolute atomic E-state index is 0.0397. The SMILES string of the molecule is CCCCCCCCC/C=C\CCCCCCCCCCOCC(COC1OC(CO)C(O)C(OS(=O)(=O)O)C1O)OC(=O)CCCCCCCCCCCCCCCCCC. The van der Waals surface area contributed by atoms with Gasteiger partial charge in [-0.2, -0.15) is 8.42 Å². The fraction of sp³-hybridized carbons (Fsp3) is 0.939. The van der Waals surface area contributed by atoms with Gasteiger partial charge in [0.05, 0.1) is 19.8 Å². The summed E-state index contributed by atoms with van der Waals surface area (Å²) >= 11 is 0. The zero-order chi connectivity index (χ0) is 45.4. The molecule has 6 atom stereocenters. The largest absolute Gasteiger partial charge is 0.457 e. The van der Waals surface area contributed by atoms with Crippen molar-refractivity contribution in [3.8, 4) is 0 Å². The highest BCUT2D eigenvalue weighted by Gasteiger charge is 2.48. The molecule has 62 heavy (non-hydrogen) atoms. The number of carbonyl (C=O) groups is 1. The zero-order valence-corrected chi connectivity index (χ0v) is 40.3. The van der Waals surface area contributed by atoms with E-state index in [2.05, 4.69) is 30.2 Å².